The number of halogens is 3. The van der Waals surface area contributed by atoms with E-state index in [1.54, 1.807) is 61.6 Å². The lowest BCUT2D eigenvalue weighted by Crippen LogP contribution is -2.17. The second-order valence-corrected chi connectivity index (χ2v) is 8.66. The minimum absolute atomic E-state index is 0.0719. The first-order valence-electron chi connectivity index (χ1n) is 12.0. The van der Waals surface area contributed by atoms with E-state index in [9.17, 15) is 22.8 Å². The fourth-order valence-corrected chi connectivity index (χ4v) is 4.01. The average Bonchev–Trinajstić information content (AvgIpc) is 3.44. The first kappa shape index (κ1) is 26.3. The minimum atomic E-state index is -4.66. The number of nitrogens with one attached hydrogen (secondary N) is 2. The Morgan fingerprint density at radius 1 is 0.800 bits per heavy atom. The second kappa shape index (κ2) is 10.8. The normalized spacial score (nSPS) is 11.2. The molecule has 0 spiro atoms. The highest BCUT2D eigenvalue weighted by molar-refractivity contribution is 6.04. The van der Waals surface area contributed by atoms with E-state index in [1.165, 1.54) is 30.7 Å². The summed E-state index contributed by atoms with van der Waals surface area (Å²) in [6.45, 7) is 0. The molecular weight excluding hydrogens is 521 g/mol. The zero-order valence-corrected chi connectivity index (χ0v) is 21.0. The number of amides is 2. The van der Waals surface area contributed by atoms with Gasteiger partial charge in [-0.25, -0.2) is 9.67 Å². The fraction of sp³-hybridized carbons (Fsp3) is 0.0690. The van der Waals surface area contributed by atoms with Crippen LogP contribution in [0, 0.1) is 0 Å². The van der Waals surface area contributed by atoms with Crippen LogP contribution in [-0.4, -0.2) is 38.6 Å². The van der Waals surface area contributed by atoms with Crippen LogP contribution in [0.4, 0.5) is 19.0 Å². The monoisotopic (exact) mass is 542 g/mol. The first-order chi connectivity index (χ1) is 19.2. The second-order valence-electron chi connectivity index (χ2n) is 8.66. The largest absolute Gasteiger partial charge is 0.433 e. The van der Waals surface area contributed by atoms with Crippen LogP contribution in [0.25, 0.3) is 28.1 Å². The van der Waals surface area contributed by atoms with Gasteiger partial charge in [0, 0.05) is 36.1 Å². The van der Waals surface area contributed by atoms with Crippen LogP contribution in [0.1, 0.15) is 26.4 Å². The number of hydrogen-bond donors (Lipinski definition) is 2. The molecule has 2 aromatic carbocycles. The summed E-state index contributed by atoms with van der Waals surface area (Å²) >= 11 is 0. The van der Waals surface area contributed by atoms with Crippen molar-refractivity contribution in [2.75, 3.05) is 12.4 Å². The average molecular weight is 543 g/mol. The van der Waals surface area contributed by atoms with Gasteiger partial charge in [0.25, 0.3) is 11.8 Å². The molecule has 3 heterocycles. The molecule has 200 valence electrons. The number of pyridine rings is 2. The maximum atomic E-state index is 13.8. The quantitative estimate of drug-likeness (QED) is 0.290. The summed E-state index contributed by atoms with van der Waals surface area (Å²) in [4.78, 5) is 32.7. The van der Waals surface area contributed by atoms with Gasteiger partial charge in [0.05, 0.1) is 17.6 Å². The molecule has 0 fully saturated rings. The molecule has 0 aliphatic carbocycles. The first-order valence-corrected chi connectivity index (χ1v) is 12.0. The van der Waals surface area contributed by atoms with E-state index in [0.717, 1.165) is 21.9 Å². The van der Waals surface area contributed by atoms with Crippen molar-refractivity contribution in [2.24, 2.45) is 0 Å². The van der Waals surface area contributed by atoms with Crippen LogP contribution in [0.15, 0.2) is 97.5 Å². The van der Waals surface area contributed by atoms with Crippen LogP contribution in [0.5, 0.6) is 0 Å². The number of nitrogens with zero attached hydrogens (tertiary/aromatic N) is 4. The van der Waals surface area contributed by atoms with Gasteiger partial charge < -0.3 is 10.6 Å². The molecule has 0 atom stereocenters. The summed E-state index contributed by atoms with van der Waals surface area (Å²) < 4.78 is 42.0. The van der Waals surface area contributed by atoms with Gasteiger partial charge >= 0.3 is 6.18 Å². The lowest BCUT2D eigenvalue weighted by molar-refractivity contribution is -0.142. The van der Waals surface area contributed by atoms with Crippen LogP contribution < -0.4 is 10.6 Å². The Morgan fingerprint density at radius 2 is 1.57 bits per heavy atom. The van der Waals surface area contributed by atoms with Gasteiger partial charge in [-0.05, 0) is 65.7 Å². The lowest BCUT2D eigenvalue weighted by atomic mass is 10.0. The van der Waals surface area contributed by atoms with Gasteiger partial charge in [0.1, 0.15) is 11.5 Å². The molecule has 0 aliphatic heterocycles. The van der Waals surface area contributed by atoms with Crippen molar-refractivity contribution in [3.63, 3.8) is 0 Å². The molecule has 8 nitrogen and oxygen atoms in total. The summed E-state index contributed by atoms with van der Waals surface area (Å²) in [5.41, 5.74) is 2.10. The van der Waals surface area contributed by atoms with Gasteiger partial charge in [-0.1, -0.05) is 24.3 Å². The van der Waals surface area contributed by atoms with E-state index in [0.29, 0.717) is 16.7 Å². The van der Waals surface area contributed by atoms with E-state index < -0.39 is 17.8 Å². The predicted octanol–water partition coefficient (Wildman–Crippen LogP) is 5.63. The molecule has 2 amide bonds. The third kappa shape index (κ3) is 5.58. The molecule has 11 heteroatoms. The summed E-state index contributed by atoms with van der Waals surface area (Å²) in [5, 5.41) is 9.34. The van der Waals surface area contributed by atoms with E-state index >= 15 is 0 Å². The molecule has 2 N–H and O–H groups in total. The highest BCUT2D eigenvalue weighted by Crippen LogP contribution is 2.34. The fourth-order valence-electron chi connectivity index (χ4n) is 4.01. The zero-order chi connectivity index (χ0) is 28.3. The van der Waals surface area contributed by atoms with Crippen LogP contribution in [-0.2, 0) is 6.18 Å². The van der Waals surface area contributed by atoms with Gasteiger partial charge in [0.15, 0.2) is 0 Å². The van der Waals surface area contributed by atoms with Gasteiger partial charge in [-0.3, -0.25) is 14.6 Å². The molecule has 0 saturated carbocycles. The third-order valence-electron chi connectivity index (χ3n) is 6.02. The van der Waals surface area contributed by atoms with Crippen LogP contribution in [0.2, 0.25) is 0 Å². The number of carbonyl (C=O) groups is 2. The number of alkyl halides is 3. The Labute approximate surface area is 226 Å². The smallest absolute Gasteiger partial charge is 0.355 e. The van der Waals surface area contributed by atoms with Crippen molar-refractivity contribution in [3.8, 4) is 28.1 Å². The molecule has 0 bridgehead atoms. The molecule has 5 rings (SSSR count). The topological polar surface area (TPSA) is 102 Å². The Hall–Kier alpha value is -5.32. The predicted molar refractivity (Wildman–Crippen MR) is 143 cm³/mol. The SMILES string of the molecule is CNC(=O)c1ccc(-c2cccc(C(=O)Nc3ccc(-n4nc(-c5cccnc5)cc4C(F)(F)F)cn3)c2)cc1. The Bertz CT molecular complexity index is 1670. The van der Waals surface area contributed by atoms with Crippen molar-refractivity contribution < 1.29 is 22.8 Å². The molecule has 0 unspecified atom stereocenters. The summed E-state index contributed by atoms with van der Waals surface area (Å²) in [5.74, 6) is -0.491. The Balaban J connectivity index is 1.35. The van der Waals surface area contributed by atoms with E-state index in [1.807, 2.05) is 6.07 Å². The molecule has 3 aromatic heterocycles. The maximum absolute atomic E-state index is 13.8. The number of aromatic nitrogens is 4. The maximum Gasteiger partial charge on any atom is 0.433 e. The Kier molecular flexibility index (Phi) is 7.11. The number of benzene rings is 2. The van der Waals surface area contributed by atoms with Crippen molar-refractivity contribution in [1.29, 1.82) is 0 Å². The van der Waals surface area contributed by atoms with E-state index in [4.69, 9.17) is 0 Å². The highest BCUT2D eigenvalue weighted by Gasteiger charge is 2.36. The molecule has 0 radical (unpaired) electrons. The zero-order valence-electron chi connectivity index (χ0n) is 21.0. The van der Waals surface area contributed by atoms with E-state index in [2.05, 4.69) is 25.7 Å². The van der Waals surface area contributed by atoms with E-state index in [-0.39, 0.29) is 23.1 Å². The third-order valence-corrected chi connectivity index (χ3v) is 6.02. The molecule has 40 heavy (non-hydrogen) atoms. The van der Waals surface area contributed by atoms with Gasteiger partial charge in [-0.2, -0.15) is 18.3 Å². The standard InChI is InChI=1S/C29H21F3N6O2/c1-33-27(39)19-9-7-18(8-10-19)20-4-2-5-21(14-20)28(40)36-26-12-11-23(17-35-26)38-25(29(30,31)32)15-24(37-38)22-6-3-13-34-16-22/h2-17H,1H3,(H,33,39)(H,35,36,40). The van der Waals surface area contributed by atoms with Crippen molar-refractivity contribution in [3.05, 3.63) is 114 Å². The van der Waals surface area contributed by atoms with Crippen molar-refractivity contribution in [1.82, 2.24) is 25.1 Å². The summed E-state index contributed by atoms with van der Waals surface area (Å²) in [6, 6.07) is 20.8. The molecule has 0 aliphatic rings. The van der Waals surface area contributed by atoms with Crippen LogP contribution in [0.3, 0.4) is 0 Å². The van der Waals surface area contributed by atoms with Crippen LogP contribution >= 0.6 is 0 Å². The lowest BCUT2D eigenvalue weighted by Gasteiger charge is -2.11. The number of carbonyl (C=O) groups excluding carboxylic acids is 2. The number of hydrogen-bond acceptors (Lipinski definition) is 5. The Morgan fingerprint density at radius 3 is 2.23 bits per heavy atom. The minimum Gasteiger partial charge on any atom is -0.355 e. The van der Waals surface area contributed by atoms with Gasteiger partial charge in [-0.15, -0.1) is 0 Å². The summed E-state index contributed by atoms with van der Waals surface area (Å²) in [7, 11) is 1.55. The van der Waals surface area contributed by atoms with Crippen molar-refractivity contribution in [2.45, 2.75) is 6.18 Å². The molecular formula is C29H21F3N6O2. The van der Waals surface area contributed by atoms with Crippen molar-refractivity contribution >= 4 is 17.6 Å². The number of anilines is 1. The number of rotatable bonds is 6. The molecule has 5 aromatic rings. The molecule has 0 saturated heterocycles. The summed E-state index contributed by atoms with van der Waals surface area (Å²) in [6.07, 6.45) is -0.508. The highest BCUT2D eigenvalue weighted by atomic mass is 19.4. The van der Waals surface area contributed by atoms with Gasteiger partial charge in [0.2, 0.25) is 0 Å².